The van der Waals surface area contributed by atoms with E-state index in [4.69, 9.17) is 4.42 Å². The van der Waals surface area contributed by atoms with E-state index in [0.29, 0.717) is 30.3 Å². The van der Waals surface area contributed by atoms with Crippen molar-refractivity contribution in [2.75, 3.05) is 11.9 Å². The molecule has 1 saturated carbocycles. The Morgan fingerprint density at radius 3 is 2.70 bits per heavy atom. The molecule has 8 nitrogen and oxygen atoms in total. The van der Waals surface area contributed by atoms with Crippen LogP contribution in [0.25, 0.3) is 11.5 Å². The van der Waals surface area contributed by atoms with Crippen LogP contribution in [0.4, 0.5) is 10.5 Å². The highest BCUT2D eigenvalue weighted by atomic mass is 16.4. The third-order valence-electron chi connectivity index (χ3n) is 6.10. The van der Waals surface area contributed by atoms with Crippen LogP contribution >= 0.6 is 0 Å². The van der Waals surface area contributed by atoms with Crippen molar-refractivity contribution in [3.8, 4) is 11.5 Å². The largest absolute Gasteiger partial charge is 0.441 e. The molecule has 2 aromatic rings. The van der Waals surface area contributed by atoms with E-state index in [1.807, 2.05) is 19.9 Å². The van der Waals surface area contributed by atoms with Crippen LogP contribution < -0.4 is 10.6 Å². The Balaban J connectivity index is 1.43. The number of urea groups is 1. The second-order valence-electron chi connectivity index (χ2n) is 8.38. The van der Waals surface area contributed by atoms with Gasteiger partial charge in [-0.25, -0.2) is 9.78 Å². The molecule has 1 aromatic heterocycles. The van der Waals surface area contributed by atoms with Crippen molar-refractivity contribution in [2.24, 2.45) is 5.92 Å². The van der Waals surface area contributed by atoms with Crippen LogP contribution in [-0.2, 0) is 9.59 Å². The molecule has 2 heterocycles. The maximum atomic E-state index is 12.9. The summed E-state index contributed by atoms with van der Waals surface area (Å²) in [6.45, 7) is 5.54. The fraction of sp³-hybridized carbons (Fsp3) is 0.455. The molecule has 0 unspecified atom stereocenters. The number of anilines is 1. The van der Waals surface area contributed by atoms with E-state index < -0.39 is 17.5 Å². The van der Waals surface area contributed by atoms with E-state index in [9.17, 15) is 14.4 Å². The minimum Gasteiger partial charge on any atom is -0.441 e. The summed E-state index contributed by atoms with van der Waals surface area (Å²) in [4.78, 5) is 43.3. The summed E-state index contributed by atoms with van der Waals surface area (Å²) in [6.07, 6.45) is 3.01. The van der Waals surface area contributed by atoms with E-state index in [-0.39, 0.29) is 12.5 Å². The first-order valence-corrected chi connectivity index (χ1v) is 10.3. The van der Waals surface area contributed by atoms with Crippen molar-refractivity contribution < 1.29 is 18.8 Å². The van der Waals surface area contributed by atoms with Crippen LogP contribution in [0.15, 0.2) is 28.7 Å². The predicted molar refractivity (Wildman–Crippen MR) is 111 cm³/mol. The number of nitrogens with zero attached hydrogens (tertiary/aromatic N) is 2. The zero-order valence-electron chi connectivity index (χ0n) is 17.4. The number of amides is 4. The first kappa shape index (κ1) is 20.1. The average Bonchev–Trinajstić information content (AvgIpc) is 3.16. The number of carbonyl (C=O) groups is 3. The lowest BCUT2D eigenvalue weighted by atomic mass is 9.77. The number of rotatable bonds is 4. The standard InChI is InChI=1S/C22H26N4O4/c1-13-7-9-22(10-8-13)20(28)26(21(29)25-22)12-18(27)24-17-6-4-5-16(11-17)19-23-14(2)15(3)30-19/h4-6,11,13H,7-10,12H2,1-3H3,(H,24,27)(H,25,29). The molecule has 0 bridgehead atoms. The molecular formula is C22H26N4O4. The van der Waals surface area contributed by atoms with Crippen molar-refractivity contribution in [1.29, 1.82) is 0 Å². The topological polar surface area (TPSA) is 105 Å². The summed E-state index contributed by atoms with van der Waals surface area (Å²) in [6, 6.07) is 6.61. The Hall–Kier alpha value is -3.16. The van der Waals surface area contributed by atoms with Crippen molar-refractivity contribution >= 4 is 23.5 Å². The second kappa shape index (κ2) is 7.59. The summed E-state index contributed by atoms with van der Waals surface area (Å²) in [5, 5.41) is 5.59. The number of oxazole rings is 1. The maximum Gasteiger partial charge on any atom is 0.325 e. The van der Waals surface area contributed by atoms with E-state index >= 15 is 0 Å². The Morgan fingerprint density at radius 1 is 1.30 bits per heavy atom. The molecule has 158 valence electrons. The van der Waals surface area contributed by atoms with Gasteiger partial charge in [0.15, 0.2) is 0 Å². The highest BCUT2D eigenvalue weighted by Gasteiger charge is 2.52. The predicted octanol–water partition coefficient (Wildman–Crippen LogP) is 3.40. The van der Waals surface area contributed by atoms with Crippen molar-refractivity contribution in [1.82, 2.24) is 15.2 Å². The van der Waals surface area contributed by atoms with Gasteiger partial charge >= 0.3 is 6.03 Å². The van der Waals surface area contributed by atoms with Gasteiger partial charge in [0.2, 0.25) is 11.8 Å². The number of imide groups is 1. The van der Waals surface area contributed by atoms with Gasteiger partial charge in [-0.3, -0.25) is 14.5 Å². The molecule has 1 saturated heterocycles. The first-order chi connectivity index (χ1) is 14.3. The first-order valence-electron chi connectivity index (χ1n) is 10.3. The lowest BCUT2D eigenvalue weighted by Crippen LogP contribution is -2.49. The molecule has 4 amide bonds. The average molecular weight is 410 g/mol. The molecule has 1 aliphatic heterocycles. The van der Waals surface area contributed by atoms with E-state index in [1.165, 1.54) is 0 Å². The van der Waals surface area contributed by atoms with Crippen LogP contribution in [0.2, 0.25) is 0 Å². The van der Waals surface area contributed by atoms with Gasteiger partial charge in [0.25, 0.3) is 5.91 Å². The number of aromatic nitrogens is 1. The van der Waals surface area contributed by atoms with Crippen LogP contribution in [0.3, 0.4) is 0 Å². The molecule has 4 rings (SSSR count). The molecule has 0 atom stereocenters. The number of aryl methyl sites for hydroxylation is 2. The smallest absolute Gasteiger partial charge is 0.325 e. The molecule has 30 heavy (non-hydrogen) atoms. The van der Waals surface area contributed by atoms with Crippen LogP contribution in [0.1, 0.15) is 44.1 Å². The Labute approximate surface area is 175 Å². The van der Waals surface area contributed by atoms with Crippen LogP contribution in [0, 0.1) is 19.8 Å². The summed E-state index contributed by atoms with van der Waals surface area (Å²) in [7, 11) is 0. The zero-order valence-corrected chi connectivity index (χ0v) is 17.4. The summed E-state index contributed by atoms with van der Waals surface area (Å²) < 4.78 is 5.64. The van der Waals surface area contributed by atoms with E-state index in [2.05, 4.69) is 22.5 Å². The molecule has 2 aliphatic rings. The molecular weight excluding hydrogens is 384 g/mol. The van der Waals surface area contributed by atoms with E-state index in [1.54, 1.807) is 18.2 Å². The second-order valence-corrected chi connectivity index (χ2v) is 8.38. The van der Waals surface area contributed by atoms with Gasteiger partial charge in [-0.05, 0) is 63.6 Å². The fourth-order valence-electron chi connectivity index (χ4n) is 4.08. The summed E-state index contributed by atoms with van der Waals surface area (Å²) in [5.41, 5.74) is 1.24. The van der Waals surface area contributed by atoms with Crippen LogP contribution in [-0.4, -0.2) is 39.8 Å². The summed E-state index contributed by atoms with van der Waals surface area (Å²) in [5.74, 6) is 1.03. The van der Waals surface area contributed by atoms with Gasteiger partial charge in [0.1, 0.15) is 17.8 Å². The quantitative estimate of drug-likeness (QED) is 0.752. The monoisotopic (exact) mass is 410 g/mol. The lowest BCUT2D eigenvalue weighted by molar-refractivity contribution is -0.135. The van der Waals surface area contributed by atoms with Crippen molar-refractivity contribution in [2.45, 2.75) is 52.0 Å². The van der Waals surface area contributed by atoms with Crippen molar-refractivity contribution in [3.63, 3.8) is 0 Å². The Kier molecular flexibility index (Phi) is 5.09. The number of hydrogen-bond donors (Lipinski definition) is 2. The van der Waals surface area contributed by atoms with E-state index in [0.717, 1.165) is 34.8 Å². The van der Waals surface area contributed by atoms with Gasteiger partial charge in [-0.2, -0.15) is 0 Å². The third kappa shape index (κ3) is 3.69. The molecule has 8 heteroatoms. The molecule has 1 aliphatic carbocycles. The third-order valence-corrected chi connectivity index (χ3v) is 6.10. The van der Waals surface area contributed by atoms with Gasteiger partial charge < -0.3 is 15.1 Å². The zero-order chi connectivity index (χ0) is 21.5. The highest BCUT2D eigenvalue weighted by molar-refractivity contribution is 6.10. The van der Waals surface area contributed by atoms with Gasteiger partial charge in [-0.15, -0.1) is 0 Å². The fourth-order valence-corrected chi connectivity index (χ4v) is 4.08. The summed E-state index contributed by atoms with van der Waals surface area (Å²) >= 11 is 0. The normalized spacial score (nSPS) is 23.7. The maximum absolute atomic E-state index is 12.9. The van der Waals surface area contributed by atoms with Gasteiger partial charge in [0.05, 0.1) is 5.69 Å². The molecule has 0 radical (unpaired) electrons. The Bertz CT molecular complexity index is 985. The van der Waals surface area contributed by atoms with Crippen LogP contribution in [0.5, 0.6) is 0 Å². The number of nitrogens with one attached hydrogen (secondary N) is 2. The molecule has 2 fully saturated rings. The minimum absolute atomic E-state index is 0.297. The minimum atomic E-state index is -0.843. The lowest BCUT2D eigenvalue weighted by Gasteiger charge is -2.33. The molecule has 1 spiro atoms. The van der Waals surface area contributed by atoms with Gasteiger partial charge in [0, 0.05) is 11.3 Å². The number of benzene rings is 1. The molecule has 1 aromatic carbocycles. The number of carbonyl (C=O) groups excluding carboxylic acids is 3. The van der Waals surface area contributed by atoms with Gasteiger partial charge in [-0.1, -0.05) is 13.0 Å². The highest BCUT2D eigenvalue weighted by Crippen LogP contribution is 2.36. The number of hydrogen-bond acceptors (Lipinski definition) is 5. The SMILES string of the molecule is Cc1nc(-c2cccc(NC(=O)CN3C(=O)NC4(CCC(C)CC4)C3=O)c2)oc1C. The molecule has 2 N–H and O–H groups in total. The van der Waals surface area contributed by atoms with Crippen molar-refractivity contribution in [3.05, 3.63) is 35.7 Å². The Morgan fingerprint density at radius 2 is 2.03 bits per heavy atom.